The molecule has 190 valence electrons. The van der Waals surface area contributed by atoms with Crippen molar-refractivity contribution >= 4 is 22.6 Å². The molecule has 2 atom stereocenters. The monoisotopic (exact) mass is 502 g/mol. The Bertz CT molecular complexity index is 1480. The van der Waals surface area contributed by atoms with E-state index >= 15 is 0 Å². The lowest BCUT2D eigenvalue weighted by Crippen LogP contribution is -2.55. The van der Waals surface area contributed by atoms with Gasteiger partial charge in [-0.3, -0.25) is 9.78 Å². The van der Waals surface area contributed by atoms with Crippen LogP contribution in [0, 0.1) is 5.92 Å². The average Bonchev–Trinajstić information content (AvgIpc) is 3.28. The SMILES string of the molecule is O=C(c1cncc2ccccc12)C1CC2CCCC(C1)N2C(=O)OCC1c2ccccc2-c2ccccc21. The Labute approximate surface area is 222 Å². The van der Waals surface area contributed by atoms with Gasteiger partial charge in [-0.2, -0.15) is 0 Å². The van der Waals surface area contributed by atoms with E-state index in [1.807, 2.05) is 29.2 Å². The minimum absolute atomic E-state index is 0.0371. The van der Waals surface area contributed by atoms with E-state index in [-0.39, 0.29) is 35.8 Å². The lowest BCUT2D eigenvalue weighted by molar-refractivity contribution is 0.00653. The first-order valence-electron chi connectivity index (χ1n) is 13.7. The molecule has 2 fully saturated rings. The molecule has 2 unspecified atom stereocenters. The molecule has 4 aromatic rings. The fourth-order valence-electron chi connectivity index (χ4n) is 7.09. The standard InChI is InChI=1S/C33H30N2O3/c36-32(30-19-34-18-21-8-1-2-11-25(21)30)22-16-23-9-7-10-24(17-22)35(23)33(37)38-20-31-28-14-5-3-12-26(28)27-13-4-6-15-29(27)31/h1-6,8,11-15,18-19,22-24,31H,7,9-10,16-17,20H2. The number of benzene rings is 3. The van der Waals surface area contributed by atoms with E-state index in [4.69, 9.17) is 4.74 Å². The minimum Gasteiger partial charge on any atom is -0.448 e. The molecule has 5 nitrogen and oxygen atoms in total. The van der Waals surface area contributed by atoms with Gasteiger partial charge in [-0.05, 0) is 59.7 Å². The summed E-state index contributed by atoms with van der Waals surface area (Å²) >= 11 is 0. The Balaban J connectivity index is 1.08. The molecule has 2 saturated heterocycles. The third-order valence-corrected chi connectivity index (χ3v) is 8.83. The number of aromatic nitrogens is 1. The van der Waals surface area contributed by atoms with E-state index in [2.05, 4.69) is 53.5 Å². The van der Waals surface area contributed by atoms with Crippen LogP contribution in [-0.2, 0) is 4.74 Å². The van der Waals surface area contributed by atoms with Gasteiger partial charge in [0.1, 0.15) is 6.61 Å². The van der Waals surface area contributed by atoms with Crippen LogP contribution in [0.1, 0.15) is 59.5 Å². The second kappa shape index (κ2) is 9.39. The number of hydrogen-bond acceptors (Lipinski definition) is 4. The molecule has 5 heteroatoms. The van der Waals surface area contributed by atoms with Gasteiger partial charge >= 0.3 is 6.09 Å². The van der Waals surface area contributed by atoms with Gasteiger partial charge in [-0.1, -0.05) is 72.8 Å². The van der Waals surface area contributed by atoms with Gasteiger partial charge in [0.2, 0.25) is 0 Å². The summed E-state index contributed by atoms with van der Waals surface area (Å²) < 4.78 is 6.05. The number of carbonyl (C=O) groups excluding carboxylic acids is 2. The first-order valence-corrected chi connectivity index (χ1v) is 13.7. The minimum atomic E-state index is -0.237. The van der Waals surface area contributed by atoms with Gasteiger partial charge in [0.15, 0.2) is 5.78 Å². The summed E-state index contributed by atoms with van der Waals surface area (Å²) in [5.74, 6) is 0.0955. The summed E-state index contributed by atoms with van der Waals surface area (Å²) in [5, 5.41) is 1.94. The van der Waals surface area contributed by atoms with E-state index in [1.165, 1.54) is 22.3 Å². The van der Waals surface area contributed by atoms with Crippen LogP contribution in [0.25, 0.3) is 21.9 Å². The molecule has 2 aliphatic heterocycles. The van der Waals surface area contributed by atoms with Crippen molar-refractivity contribution in [3.63, 3.8) is 0 Å². The first-order chi connectivity index (χ1) is 18.7. The number of rotatable bonds is 4. The number of ether oxygens (including phenoxy) is 1. The van der Waals surface area contributed by atoms with Crippen molar-refractivity contribution in [1.82, 2.24) is 9.88 Å². The van der Waals surface area contributed by atoms with Crippen LogP contribution >= 0.6 is 0 Å². The molecule has 2 bridgehead atoms. The first kappa shape index (κ1) is 23.2. The maximum atomic E-state index is 13.7. The smallest absolute Gasteiger partial charge is 0.410 e. The summed E-state index contributed by atoms with van der Waals surface area (Å²) in [6, 6.07) is 24.8. The number of amides is 1. The molecule has 0 N–H and O–H groups in total. The molecular weight excluding hydrogens is 472 g/mol. The highest BCUT2D eigenvalue weighted by Gasteiger charge is 2.44. The average molecular weight is 503 g/mol. The fraction of sp³-hybridized carbons (Fsp3) is 0.303. The Morgan fingerprint density at radius 2 is 1.45 bits per heavy atom. The summed E-state index contributed by atoms with van der Waals surface area (Å²) in [6.07, 6.45) is 7.56. The van der Waals surface area contributed by atoms with Gasteiger partial charge in [-0.25, -0.2) is 4.79 Å². The molecular formula is C33H30N2O3. The van der Waals surface area contributed by atoms with Crippen LogP contribution in [-0.4, -0.2) is 40.5 Å². The van der Waals surface area contributed by atoms with Gasteiger partial charge in [-0.15, -0.1) is 0 Å². The maximum absolute atomic E-state index is 13.7. The number of fused-ring (bicyclic) bond motifs is 6. The summed E-state index contributed by atoms with van der Waals surface area (Å²) in [7, 11) is 0. The number of carbonyl (C=O) groups is 2. The van der Waals surface area contributed by atoms with Crippen molar-refractivity contribution in [2.45, 2.75) is 50.1 Å². The zero-order valence-electron chi connectivity index (χ0n) is 21.3. The largest absolute Gasteiger partial charge is 0.448 e. The van der Waals surface area contributed by atoms with Crippen molar-refractivity contribution in [2.24, 2.45) is 5.92 Å². The summed E-state index contributed by atoms with van der Waals surface area (Å²) in [5.41, 5.74) is 5.58. The van der Waals surface area contributed by atoms with Crippen LogP contribution in [0.2, 0.25) is 0 Å². The third-order valence-electron chi connectivity index (χ3n) is 8.83. The normalized spacial score (nSPS) is 22.1. The van der Waals surface area contributed by atoms with Crippen LogP contribution in [0.5, 0.6) is 0 Å². The van der Waals surface area contributed by atoms with Gasteiger partial charge in [0.25, 0.3) is 0 Å². The van der Waals surface area contributed by atoms with Gasteiger partial charge < -0.3 is 9.64 Å². The predicted molar refractivity (Wildman–Crippen MR) is 147 cm³/mol. The zero-order chi connectivity index (χ0) is 25.6. The Kier molecular flexibility index (Phi) is 5.72. The number of ketones is 1. The van der Waals surface area contributed by atoms with Crippen LogP contribution in [0.4, 0.5) is 4.79 Å². The third kappa shape index (κ3) is 3.80. The molecule has 7 rings (SSSR count). The zero-order valence-corrected chi connectivity index (χ0v) is 21.3. The molecule has 0 radical (unpaired) electrons. The van der Waals surface area contributed by atoms with Crippen molar-refractivity contribution in [1.29, 1.82) is 0 Å². The van der Waals surface area contributed by atoms with Gasteiger partial charge in [0.05, 0.1) is 0 Å². The molecule has 0 saturated carbocycles. The van der Waals surface area contributed by atoms with Crippen LogP contribution < -0.4 is 0 Å². The second-order valence-electron chi connectivity index (χ2n) is 10.9. The van der Waals surface area contributed by atoms with E-state index in [1.54, 1.807) is 12.4 Å². The highest BCUT2D eigenvalue weighted by atomic mass is 16.6. The molecule has 1 aromatic heterocycles. The molecule has 38 heavy (non-hydrogen) atoms. The Hall–Kier alpha value is -3.99. The molecule has 1 aliphatic carbocycles. The number of Topliss-reactive ketones (excluding diaryl/α,β-unsaturated/α-hetero) is 1. The van der Waals surface area contributed by atoms with Crippen molar-refractivity contribution in [2.75, 3.05) is 6.61 Å². The van der Waals surface area contributed by atoms with Crippen molar-refractivity contribution in [3.8, 4) is 11.1 Å². The van der Waals surface area contributed by atoms with E-state index in [0.717, 1.165) is 30.0 Å². The van der Waals surface area contributed by atoms with E-state index in [9.17, 15) is 9.59 Å². The quantitative estimate of drug-likeness (QED) is 0.282. The lowest BCUT2D eigenvalue weighted by atomic mass is 9.75. The topological polar surface area (TPSA) is 59.5 Å². The summed E-state index contributed by atoms with van der Waals surface area (Å²) in [4.78, 5) is 33.5. The number of piperidine rings is 2. The number of pyridine rings is 1. The molecule has 3 aromatic carbocycles. The number of nitrogens with zero attached hydrogens (tertiary/aromatic N) is 2. The Morgan fingerprint density at radius 1 is 0.816 bits per heavy atom. The highest BCUT2D eigenvalue weighted by Crippen LogP contribution is 2.45. The molecule has 3 aliphatic rings. The fourth-order valence-corrected chi connectivity index (χ4v) is 7.09. The van der Waals surface area contributed by atoms with Crippen molar-refractivity contribution in [3.05, 3.63) is 102 Å². The molecule has 0 spiro atoms. The maximum Gasteiger partial charge on any atom is 0.410 e. The predicted octanol–water partition coefficient (Wildman–Crippen LogP) is 7.00. The van der Waals surface area contributed by atoms with E-state index in [0.29, 0.717) is 25.0 Å². The molecule has 1 amide bonds. The number of hydrogen-bond donors (Lipinski definition) is 0. The van der Waals surface area contributed by atoms with E-state index < -0.39 is 0 Å². The van der Waals surface area contributed by atoms with Crippen LogP contribution in [0.15, 0.2) is 85.2 Å². The Morgan fingerprint density at radius 3 is 2.16 bits per heavy atom. The highest BCUT2D eigenvalue weighted by molar-refractivity contribution is 6.08. The van der Waals surface area contributed by atoms with Crippen molar-refractivity contribution < 1.29 is 14.3 Å². The molecule has 3 heterocycles. The van der Waals surface area contributed by atoms with Gasteiger partial charge in [0, 0.05) is 47.3 Å². The summed E-state index contributed by atoms with van der Waals surface area (Å²) in [6.45, 7) is 0.326. The lowest BCUT2D eigenvalue weighted by Gasteiger charge is -2.47. The second-order valence-corrected chi connectivity index (χ2v) is 10.9. The van der Waals surface area contributed by atoms with Crippen LogP contribution in [0.3, 0.4) is 0 Å².